The highest BCUT2D eigenvalue weighted by Crippen LogP contribution is 2.22. The van der Waals surface area contributed by atoms with Crippen LogP contribution in [0.2, 0.25) is 5.02 Å². The van der Waals surface area contributed by atoms with E-state index in [1.807, 2.05) is 22.6 Å². The predicted molar refractivity (Wildman–Crippen MR) is 72.0 cm³/mol. The number of hydrogen-bond donors (Lipinski definition) is 0. The van der Waals surface area contributed by atoms with E-state index in [-0.39, 0.29) is 0 Å². The lowest BCUT2D eigenvalue weighted by Gasteiger charge is -2.06. The molecular weight excluding hydrogens is 356 g/mol. The molecule has 0 aliphatic rings. The molecule has 0 aliphatic carbocycles. The molecular formula is C11H7ClINO3. The molecule has 88 valence electrons. The number of carbonyl (C=O) groups excluding carboxylic acids is 1. The molecule has 0 saturated heterocycles. The van der Waals surface area contributed by atoms with E-state index in [0.29, 0.717) is 29.8 Å². The van der Waals surface area contributed by atoms with Gasteiger partial charge in [-0.3, -0.25) is 0 Å². The smallest absolute Gasteiger partial charge is 0.337 e. The van der Waals surface area contributed by atoms with Crippen LogP contribution < -0.4 is 4.73 Å². The first-order valence-corrected chi connectivity index (χ1v) is 6.09. The van der Waals surface area contributed by atoms with Gasteiger partial charge in [0.05, 0.1) is 21.6 Å². The summed E-state index contributed by atoms with van der Waals surface area (Å²) in [6, 6.07) is 4.83. The van der Waals surface area contributed by atoms with Gasteiger partial charge in [-0.25, -0.2) is 4.79 Å². The van der Waals surface area contributed by atoms with Gasteiger partial charge in [0.1, 0.15) is 5.02 Å². The number of halogens is 2. The first-order chi connectivity index (χ1) is 8.02. The first kappa shape index (κ1) is 12.4. The normalized spacial score (nSPS) is 10.5. The molecule has 4 nitrogen and oxygen atoms in total. The molecule has 2 aromatic rings. The Balaban J connectivity index is 2.77. The Bertz CT molecular complexity index is 615. The van der Waals surface area contributed by atoms with Crippen LogP contribution in [0, 0.1) is 8.78 Å². The third kappa shape index (κ3) is 2.30. The van der Waals surface area contributed by atoms with Gasteiger partial charge in [-0.15, -0.1) is 0 Å². The standard InChI is InChI=1S/C11H7ClINO3/c1-17-11(15)7-2-6-3-8(12)5-14(16)10(6)9(13)4-7/h2-5H,1H3. The number of methoxy groups -OCH3 is 1. The van der Waals surface area contributed by atoms with Crippen LogP contribution in [0.4, 0.5) is 0 Å². The van der Waals surface area contributed by atoms with Crippen LogP contribution in [-0.2, 0) is 4.74 Å². The number of aromatic nitrogens is 1. The Morgan fingerprint density at radius 2 is 2.18 bits per heavy atom. The van der Waals surface area contributed by atoms with Crippen LogP contribution in [0.5, 0.6) is 0 Å². The fourth-order valence-corrected chi connectivity index (χ4v) is 2.65. The van der Waals surface area contributed by atoms with Crippen molar-refractivity contribution in [3.63, 3.8) is 0 Å². The summed E-state index contributed by atoms with van der Waals surface area (Å²) in [5.41, 5.74) is 0.884. The van der Waals surface area contributed by atoms with E-state index in [1.54, 1.807) is 18.2 Å². The lowest BCUT2D eigenvalue weighted by molar-refractivity contribution is -0.577. The van der Waals surface area contributed by atoms with Crippen LogP contribution in [0.25, 0.3) is 10.9 Å². The van der Waals surface area contributed by atoms with Crippen molar-refractivity contribution in [2.75, 3.05) is 7.11 Å². The maximum atomic E-state index is 11.7. The van der Waals surface area contributed by atoms with Crippen LogP contribution in [-0.4, -0.2) is 13.1 Å². The van der Waals surface area contributed by atoms with Crippen LogP contribution in [0.15, 0.2) is 24.4 Å². The van der Waals surface area contributed by atoms with Gasteiger partial charge in [0.2, 0.25) is 5.52 Å². The maximum absolute atomic E-state index is 11.7. The van der Waals surface area contributed by atoms with E-state index in [2.05, 4.69) is 4.74 Å². The molecule has 0 spiro atoms. The third-order valence-electron chi connectivity index (χ3n) is 2.27. The lowest BCUT2D eigenvalue weighted by Crippen LogP contribution is -2.27. The summed E-state index contributed by atoms with van der Waals surface area (Å²) in [7, 11) is 1.31. The van der Waals surface area contributed by atoms with Crippen molar-refractivity contribution in [1.82, 2.24) is 0 Å². The molecule has 0 amide bonds. The van der Waals surface area contributed by atoms with Crippen molar-refractivity contribution >= 4 is 51.1 Å². The molecule has 0 unspecified atom stereocenters. The maximum Gasteiger partial charge on any atom is 0.337 e. The van der Waals surface area contributed by atoms with Gasteiger partial charge >= 0.3 is 5.97 Å². The summed E-state index contributed by atoms with van der Waals surface area (Å²) in [4.78, 5) is 11.4. The molecule has 0 aliphatic heterocycles. The number of pyridine rings is 1. The molecule has 0 saturated carbocycles. The van der Waals surface area contributed by atoms with Crippen molar-refractivity contribution in [3.8, 4) is 0 Å². The Morgan fingerprint density at radius 1 is 1.47 bits per heavy atom. The minimum atomic E-state index is -0.442. The summed E-state index contributed by atoms with van der Waals surface area (Å²) >= 11 is 7.80. The number of carbonyl (C=O) groups is 1. The van der Waals surface area contributed by atoms with Crippen molar-refractivity contribution in [2.45, 2.75) is 0 Å². The Labute approximate surface area is 116 Å². The molecule has 6 heteroatoms. The molecule has 2 rings (SSSR count). The summed E-state index contributed by atoms with van der Waals surface area (Å²) in [5, 5.41) is 12.6. The summed E-state index contributed by atoms with van der Waals surface area (Å²) < 4.78 is 6.01. The zero-order valence-electron chi connectivity index (χ0n) is 8.74. The second-order valence-electron chi connectivity index (χ2n) is 3.37. The van der Waals surface area contributed by atoms with E-state index in [0.717, 1.165) is 0 Å². The fourth-order valence-electron chi connectivity index (χ4n) is 1.56. The van der Waals surface area contributed by atoms with Gasteiger partial charge in [0.25, 0.3) is 0 Å². The van der Waals surface area contributed by atoms with Crippen LogP contribution in [0.3, 0.4) is 0 Å². The molecule has 17 heavy (non-hydrogen) atoms. The predicted octanol–water partition coefficient (Wildman–Crippen LogP) is 2.52. The zero-order valence-corrected chi connectivity index (χ0v) is 11.7. The monoisotopic (exact) mass is 363 g/mol. The van der Waals surface area contributed by atoms with Gasteiger partial charge < -0.3 is 9.94 Å². The second kappa shape index (κ2) is 4.66. The quantitative estimate of drug-likeness (QED) is 0.339. The van der Waals surface area contributed by atoms with Crippen molar-refractivity contribution in [2.24, 2.45) is 0 Å². The average Bonchev–Trinajstić information content (AvgIpc) is 2.26. The number of esters is 1. The van der Waals surface area contributed by atoms with Gasteiger partial charge in [-0.05, 0) is 40.8 Å². The first-order valence-electron chi connectivity index (χ1n) is 4.63. The molecule has 0 atom stereocenters. The van der Waals surface area contributed by atoms with Crippen molar-refractivity contribution in [1.29, 1.82) is 0 Å². The van der Waals surface area contributed by atoms with E-state index in [4.69, 9.17) is 11.6 Å². The van der Waals surface area contributed by atoms with Crippen LogP contribution in [0.1, 0.15) is 10.4 Å². The number of fused-ring (bicyclic) bond motifs is 1. The minimum absolute atomic E-state index is 0.324. The number of hydrogen-bond acceptors (Lipinski definition) is 3. The number of benzene rings is 1. The van der Waals surface area contributed by atoms with Crippen molar-refractivity contribution in [3.05, 3.63) is 43.8 Å². The van der Waals surface area contributed by atoms with E-state index >= 15 is 0 Å². The highest BCUT2D eigenvalue weighted by atomic mass is 127. The third-order valence-corrected chi connectivity index (χ3v) is 3.30. The molecule has 0 radical (unpaired) electrons. The van der Waals surface area contributed by atoms with Crippen LogP contribution >= 0.6 is 34.2 Å². The summed E-state index contributed by atoms with van der Waals surface area (Å²) in [5.74, 6) is -0.442. The Kier molecular flexibility index (Phi) is 3.39. The fraction of sp³-hybridized carbons (Fsp3) is 0.0909. The molecule has 1 aromatic heterocycles. The molecule has 0 fully saturated rings. The molecule has 0 bridgehead atoms. The van der Waals surface area contributed by atoms with Gasteiger partial charge in [-0.1, -0.05) is 11.6 Å². The minimum Gasteiger partial charge on any atom is -0.618 e. The molecule has 0 N–H and O–H groups in total. The van der Waals surface area contributed by atoms with E-state index < -0.39 is 5.97 Å². The van der Waals surface area contributed by atoms with E-state index in [9.17, 15) is 10.0 Å². The Morgan fingerprint density at radius 3 is 2.82 bits per heavy atom. The Hall–Kier alpha value is -1.08. The van der Waals surface area contributed by atoms with Crippen molar-refractivity contribution < 1.29 is 14.3 Å². The summed E-state index contributed by atoms with van der Waals surface area (Å²) in [6.07, 6.45) is 1.28. The van der Waals surface area contributed by atoms with Gasteiger partial charge in [-0.2, -0.15) is 4.73 Å². The average molecular weight is 364 g/mol. The number of nitrogens with zero attached hydrogens (tertiary/aromatic N) is 1. The highest BCUT2D eigenvalue weighted by Gasteiger charge is 2.15. The second-order valence-corrected chi connectivity index (χ2v) is 4.97. The summed E-state index contributed by atoms with van der Waals surface area (Å²) in [6.45, 7) is 0. The van der Waals surface area contributed by atoms with Gasteiger partial charge in [0, 0.05) is 0 Å². The topological polar surface area (TPSA) is 53.2 Å². The molecule has 1 aromatic carbocycles. The van der Waals surface area contributed by atoms with Gasteiger partial charge in [0.15, 0.2) is 6.20 Å². The molecule has 1 heterocycles. The number of rotatable bonds is 1. The SMILES string of the molecule is COC(=O)c1cc(I)c2c(cc(Cl)c[n+]2[O-])c1. The lowest BCUT2D eigenvalue weighted by atomic mass is 10.1. The zero-order chi connectivity index (χ0) is 12.6. The largest absolute Gasteiger partial charge is 0.618 e. The highest BCUT2D eigenvalue weighted by molar-refractivity contribution is 14.1. The number of ether oxygens (including phenoxy) is 1. The van der Waals surface area contributed by atoms with E-state index in [1.165, 1.54) is 13.3 Å².